The minimum Gasteiger partial charge on any atom is -0.459 e. The van der Waals surface area contributed by atoms with Crippen molar-refractivity contribution in [3.8, 4) is 0 Å². The normalized spacial score (nSPS) is 19.4. The Kier molecular flexibility index (Phi) is 13.1. The summed E-state index contributed by atoms with van der Waals surface area (Å²) in [6.45, 7) is -0.656. The summed E-state index contributed by atoms with van der Waals surface area (Å²) >= 11 is 0. The first-order valence-electron chi connectivity index (χ1n) is 15.9. The summed E-state index contributed by atoms with van der Waals surface area (Å²) in [5.74, 6) is -2.32. The second-order valence-electron chi connectivity index (χ2n) is 11.0. The number of amides is 1. The first kappa shape index (κ1) is 36.1. The van der Waals surface area contributed by atoms with Crippen LogP contribution in [0.4, 0.5) is 4.79 Å². The molecule has 262 valence electrons. The number of carbonyl (C=O) groups is 4. The maximum atomic E-state index is 13.4. The van der Waals surface area contributed by atoms with Gasteiger partial charge < -0.3 is 33.7 Å². The third-order valence-corrected chi connectivity index (χ3v) is 7.56. The lowest BCUT2D eigenvalue weighted by atomic mass is 9.96. The van der Waals surface area contributed by atoms with Crippen molar-refractivity contribution in [1.82, 2.24) is 5.32 Å². The molecular formula is C37H34N4O10. The van der Waals surface area contributed by atoms with Crippen molar-refractivity contribution in [2.45, 2.75) is 37.3 Å². The van der Waals surface area contributed by atoms with Gasteiger partial charge in [0.2, 0.25) is 0 Å². The van der Waals surface area contributed by atoms with Gasteiger partial charge in [-0.25, -0.2) is 19.2 Å². The number of hydrogen-bond donors (Lipinski definition) is 1. The summed E-state index contributed by atoms with van der Waals surface area (Å²) in [5, 5.41) is 6.41. The van der Waals surface area contributed by atoms with E-state index in [1.807, 2.05) is 30.3 Å². The molecule has 0 saturated carbocycles. The number of esters is 3. The van der Waals surface area contributed by atoms with Crippen LogP contribution in [0.5, 0.6) is 0 Å². The van der Waals surface area contributed by atoms with Crippen molar-refractivity contribution in [3.05, 3.63) is 154 Å². The average Bonchev–Trinajstić information content (AvgIpc) is 3.18. The zero-order chi connectivity index (χ0) is 35.8. The molecule has 1 saturated heterocycles. The molecule has 14 heteroatoms. The molecule has 0 aliphatic carbocycles. The van der Waals surface area contributed by atoms with Crippen LogP contribution in [0.2, 0.25) is 0 Å². The molecule has 4 aromatic carbocycles. The van der Waals surface area contributed by atoms with Crippen molar-refractivity contribution < 1.29 is 47.6 Å². The van der Waals surface area contributed by atoms with Crippen LogP contribution in [-0.4, -0.2) is 74.4 Å². The molecule has 4 aromatic rings. The van der Waals surface area contributed by atoms with E-state index >= 15 is 0 Å². The van der Waals surface area contributed by atoms with E-state index in [2.05, 4.69) is 15.3 Å². The number of benzene rings is 4. The monoisotopic (exact) mass is 694 g/mol. The van der Waals surface area contributed by atoms with E-state index in [9.17, 15) is 24.7 Å². The summed E-state index contributed by atoms with van der Waals surface area (Å²) < 4.78 is 34.6. The number of rotatable bonds is 14. The van der Waals surface area contributed by atoms with Gasteiger partial charge in [-0.2, -0.15) is 0 Å². The minimum absolute atomic E-state index is 0.0510. The summed E-state index contributed by atoms with van der Waals surface area (Å²) in [4.78, 5) is 54.9. The molecule has 0 bridgehead atoms. The molecule has 1 aliphatic heterocycles. The topological polar surface area (TPSA) is 184 Å². The SMILES string of the molecule is [N-]=[N+]=N[C@H]1[C@H](OC(=O)c2ccccc2)[C@@H](OC(=O)c2ccccc2)[C@H](OCCNC(=O)OCc2ccccc2)O[C@@H]1COC(=O)c1ccccc1. The number of azide groups is 1. The molecule has 1 aliphatic rings. The Morgan fingerprint density at radius 1 is 0.686 bits per heavy atom. The van der Waals surface area contributed by atoms with Gasteiger partial charge in [0, 0.05) is 11.5 Å². The number of carbonyl (C=O) groups excluding carboxylic acids is 4. The van der Waals surface area contributed by atoms with Gasteiger partial charge in [-0.1, -0.05) is 90.0 Å². The van der Waals surface area contributed by atoms with E-state index in [0.717, 1.165) is 5.56 Å². The predicted octanol–water partition coefficient (Wildman–Crippen LogP) is 5.64. The molecule has 1 heterocycles. The van der Waals surface area contributed by atoms with E-state index in [1.54, 1.807) is 66.7 Å². The summed E-state index contributed by atoms with van der Waals surface area (Å²) in [7, 11) is 0. The second kappa shape index (κ2) is 18.5. The van der Waals surface area contributed by atoms with Crippen LogP contribution in [0.3, 0.4) is 0 Å². The van der Waals surface area contributed by atoms with Crippen molar-refractivity contribution >= 4 is 24.0 Å². The third-order valence-electron chi connectivity index (χ3n) is 7.56. The molecule has 5 rings (SSSR count). The van der Waals surface area contributed by atoms with E-state index < -0.39 is 61.3 Å². The largest absolute Gasteiger partial charge is 0.459 e. The fourth-order valence-corrected chi connectivity index (χ4v) is 5.07. The van der Waals surface area contributed by atoms with Gasteiger partial charge in [0.05, 0.1) is 23.3 Å². The van der Waals surface area contributed by atoms with Crippen molar-refractivity contribution in [2.75, 3.05) is 19.8 Å². The zero-order valence-corrected chi connectivity index (χ0v) is 27.2. The second-order valence-corrected chi connectivity index (χ2v) is 11.0. The van der Waals surface area contributed by atoms with Crippen LogP contribution in [0, 0.1) is 0 Å². The first-order chi connectivity index (χ1) is 24.9. The Bertz CT molecular complexity index is 1790. The summed E-state index contributed by atoms with van der Waals surface area (Å²) in [6, 6.07) is 32.0. The maximum absolute atomic E-state index is 13.4. The highest BCUT2D eigenvalue weighted by molar-refractivity contribution is 5.90. The smallest absolute Gasteiger partial charge is 0.407 e. The molecular weight excluding hydrogens is 660 g/mol. The Hall–Kier alpha value is -6.21. The van der Waals surface area contributed by atoms with Gasteiger partial charge in [-0.05, 0) is 47.5 Å². The van der Waals surface area contributed by atoms with Crippen LogP contribution in [0.1, 0.15) is 36.6 Å². The van der Waals surface area contributed by atoms with Gasteiger partial charge >= 0.3 is 24.0 Å². The molecule has 0 radical (unpaired) electrons. The standard InChI is InChI=1S/C37H34N4O10/c38-41-40-30-29(24-47-33(42)26-15-7-2-8-16-26)49-36(46-22-21-39-37(45)48-23-25-13-5-1-6-14-25)32(51-35(44)28-19-11-4-12-20-28)31(30)50-34(43)27-17-9-3-10-18-27/h1-20,29-32,36H,21-24H2,(H,39,45)/t29-,30-,31+,32-,36-/m1/s1. The molecule has 1 fully saturated rings. The van der Waals surface area contributed by atoms with E-state index in [0.29, 0.717) is 0 Å². The van der Waals surface area contributed by atoms with Crippen LogP contribution in [0.25, 0.3) is 10.4 Å². The Labute approximate surface area is 292 Å². The molecule has 51 heavy (non-hydrogen) atoms. The first-order valence-corrected chi connectivity index (χ1v) is 15.9. The highest BCUT2D eigenvalue weighted by atomic mass is 16.7. The molecule has 1 amide bonds. The highest BCUT2D eigenvalue weighted by Gasteiger charge is 2.51. The third kappa shape index (κ3) is 10.4. The fourth-order valence-electron chi connectivity index (χ4n) is 5.07. The molecule has 14 nitrogen and oxygen atoms in total. The lowest BCUT2D eigenvalue weighted by Gasteiger charge is -2.43. The van der Waals surface area contributed by atoms with Crippen LogP contribution < -0.4 is 5.32 Å². The lowest BCUT2D eigenvalue weighted by molar-refractivity contribution is -0.274. The number of alkyl carbamates (subject to hydrolysis) is 1. The van der Waals surface area contributed by atoms with Gasteiger partial charge in [0.25, 0.3) is 0 Å². The molecule has 0 unspecified atom stereocenters. The average molecular weight is 695 g/mol. The van der Waals surface area contributed by atoms with Crippen LogP contribution in [-0.2, 0) is 35.0 Å². The quantitative estimate of drug-likeness (QED) is 0.0433. The highest BCUT2D eigenvalue weighted by Crippen LogP contribution is 2.31. The van der Waals surface area contributed by atoms with Crippen LogP contribution >= 0.6 is 0 Å². The van der Waals surface area contributed by atoms with Crippen molar-refractivity contribution in [2.24, 2.45) is 5.11 Å². The Morgan fingerprint density at radius 3 is 1.75 bits per heavy atom. The van der Waals surface area contributed by atoms with Crippen molar-refractivity contribution in [3.63, 3.8) is 0 Å². The van der Waals surface area contributed by atoms with Gasteiger partial charge in [-0.15, -0.1) is 0 Å². The van der Waals surface area contributed by atoms with Gasteiger partial charge in [0.1, 0.15) is 25.4 Å². The molecule has 5 atom stereocenters. The molecule has 0 spiro atoms. The number of nitrogens with one attached hydrogen (secondary N) is 1. The predicted molar refractivity (Wildman–Crippen MR) is 180 cm³/mol. The van der Waals surface area contributed by atoms with Gasteiger partial charge in [-0.3, -0.25) is 0 Å². The zero-order valence-electron chi connectivity index (χ0n) is 27.2. The van der Waals surface area contributed by atoms with E-state index in [-0.39, 0.29) is 36.4 Å². The summed E-state index contributed by atoms with van der Waals surface area (Å²) in [5.41, 5.74) is 11.0. The summed E-state index contributed by atoms with van der Waals surface area (Å²) in [6.07, 6.45) is -6.37. The van der Waals surface area contributed by atoms with E-state index in [4.69, 9.17) is 28.4 Å². The fraction of sp³-hybridized carbons (Fsp3) is 0.243. The Morgan fingerprint density at radius 2 is 1.20 bits per heavy atom. The molecule has 1 N–H and O–H groups in total. The van der Waals surface area contributed by atoms with Crippen molar-refractivity contribution in [1.29, 1.82) is 0 Å². The van der Waals surface area contributed by atoms with Crippen LogP contribution in [0.15, 0.2) is 126 Å². The lowest BCUT2D eigenvalue weighted by Crippen LogP contribution is -2.61. The maximum Gasteiger partial charge on any atom is 0.407 e. The van der Waals surface area contributed by atoms with E-state index in [1.165, 1.54) is 24.3 Å². The van der Waals surface area contributed by atoms with Gasteiger partial charge in [0.15, 0.2) is 18.5 Å². The number of hydrogen-bond acceptors (Lipinski definition) is 11. The molecule has 0 aromatic heterocycles. The number of ether oxygens (including phenoxy) is 6. The number of nitrogens with zero attached hydrogens (tertiary/aromatic N) is 3. The minimum atomic E-state index is -1.49. The Balaban J connectivity index is 1.38.